The van der Waals surface area contributed by atoms with Crippen molar-refractivity contribution in [3.8, 4) is 5.75 Å². The number of nitrogens with one attached hydrogen (secondary N) is 1. The molecule has 0 spiro atoms. The first-order valence-electron chi connectivity index (χ1n) is 6.82. The van der Waals surface area contributed by atoms with Crippen LogP contribution in [0.2, 0.25) is 0 Å². The van der Waals surface area contributed by atoms with E-state index in [0.717, 1.165) is 11.4 Å². The summed E-state index contributed by atoms with van der Waals surface area (Å²) in [5.41, 5.74) is 10.8. The molecule has 0 aliphatic rings. The molecule has 20 heavy (non-hydrogen) atoms. The van der Waals surface area contributed by atoms with Crippen LogP contribution in [0.4, 0.5) is 5.69 Å². The Morgan fingerprint density at radius 1 is 1.05 bits per heavy atom. The summed E-state index contributed by atoms with van der Waals surface area (Å²) in [6, 6.07) is 14.5. The summed E-state index contributed by atoms with van der Waals surface area (Å²) in [5, 5.41) is 3.46. The Hall–Kier alpha value is -2.00. The van der Waals surface area contributed by atoms with Gasteiger partial charge in [0, 0.05) is 12.2 Å². The van der Waals surface area contributed by atoms with Crippen molar-refractivity contribution in [2.75, 3.05) is 19.0 Å². The zero-order chi connectivity index (χ0) is 14.5. The smallest absolute Gasteiger partial charge is 0.119 e. The molecule has 2 rings (SSSR count). The maximum Gasteiger partial charge on any atom is 0.119 e. The molecule has 1 unspecified atom stereocenters. The molecule has 2 aromatic rings. The van der Waals surface area contributed by atoms with Crippen molar-refractivity contribution in [2.24, 2.45) is 5.73 Å². The third-order valence-electron chi connectivity index (χ3n) is 3.60. The van der Waals surface area contributed by atoms with Gasteiger partial charge < -0.3 is 15.8 Å². The van der Waals surface area contributed by atoms with Crippen molar-refractivity contribution < 1.29 is 4.74 Å². The van der Waals surface area contributed by atoms with E-state index in [2.05, 4.69) is 37.4 Å². The van der Waals surface area contributed by atoms with Crippen LogP contribution in [0.1, 0.15) is 22.7 Å². The minimum absolute atomic E-state index is 0.114. The van der Waals surface area contributed by atoms with Crippen molar-refractivity contribution >= 4 is 5.69 Å². The lowest BCUT2D eigenvalue weighted by Gasteiger charge is -2.20. The lowest BCUT2D eigenvalue weighted by Crippen LogP contribution is -2.20. The molecule has 1 atom stereocenters. The van der Waals surface area contributed by atoms with E-state index in [1.165, 1.54) is 16.7 Å². The van der Waals surface area contributed by atoms with Crippen molar-refractivity contribution in [3.63, 3.8) is 0 Å². The van der Waals surface area contributed by atoms with Gasteiger partial charge in [0.2, 0.25) is 0 Å². The predicted molar refractivity (Wildman–Crippen MR) is 84.3 cm³/mol. The van der Waals surface area contributed by atoms with Crippen LogP contribution in [0.25, 0.3) is 0 Å². The van der Waals surface area contributed by atoms with Crippen LogP contribution < -0.4 is 15.8 Å². The summed E-state index contributed by atoms with van der Waals surface area (Å²) < 4.78 is 5.16. The van der Waals surface area contributed by atoms with Crippen LogP contribution in [0.5, 0.6) is 5.75 Å². The minimum Gasteiger partial charge on any atom is -0.497 e. The third-order valence-corrected chi connectivity index (χ3v) is 3.60. The van der Waals surface area contributed by atoms with Gasteiger partial charge in [0.25, 0.3) is 0 Å². The minimum atomic E-state index is 0.114. The van der Waals surface area contributed by atoms with Crippen LogP contribution in [-0.2, 0) is 0 Å². The van der Waals surface area contributed by atoms with Gasteiger partial charge in [-0.25, -0.2) is 0 Å². The van der Waals surface area contributed by atoms with Gasteiger partial charge in [-0.05, 0) is 54.8 Å². The van der Waals surface area contributed by atoms with E-state index in [9.17, 15) is 0 Å². The number of nitrogens with two attached hydrogens (primary N) is 1. The van der Waals surface area contributed by atoms with Gasteiger partial charge in [-0.15, -0.1) is 0 Å². The van der Waals surface area contributed by atoms with Gasteiger partial charge in [0.05, 0.1) is 13.2 Å². The molecule has 3 nitrogen and oxygen atoms in total. The Morgan fingerprint density at radius 2 is 1.75 bits per heavy atom. The number of rotatable bonds is 5. The molecular weight excluding hydrogens is 248 g/mol. The molecular formula is C17H22N2O. The van der Waals surface area contributed by atoms with E-state index >= 15 is 0 Å². The summed E-state index contributed by atoms with van der Waals surface area (Å²) >= 11 is 0. The van der Waals surface area contributed by atoms with E-state index in [4.69, 9.17) is 10.5 Å². The molecule has 0 saturated heterocycles. The molecule has 106 valence electrons. The van der Waals surface area contributed by atoms with Gasteiger partial charge >= 0.3 is 0 Å². The molecule has 0 saturated carbocycles. The van der Waals surface area contributed by atoms with E-state index in [1.54, 1.807) is 7.11 Å². The highest BCUT2D eigenvalue weighted by atomic mass is 16.5. The SMILES string of the molecule is COc1ccc(NC(CN)c2ccc(C)c(C)c2)cc1. The first kappa shape index (κ1) is 14.4. The average molecular weight is 270 g/mol. The van der Waals surface area contributed by atoms with E-state index in [-0.39, 0.29) is 6.04 Å². The summed E-state index contributed by atoms with van der Waals surface area (Å²) in [6.45, 7) is 4.79. The molecule has 0 amide bonds. The van der Waals surface area contributed by atoms with Gasteiger partial charge in [0.15, 0.2) is 0 Å². The molecule has 0 aliphatic carbocycles. The molecule has 0 fully saturated rings. The number of hydrogen-bond donors (Lipinski definition) is 2. The zero-order valence-electron chi connectivity index (χ0n) is 12.3. The molecule has 0 radical (unpaired) electrons. The molecule has 2 aromatic carbocycles. The van der Waals surface area contributed by atoms with E-state index in [1.807, 2.05) is 24.3 Å². The zero-order valence-corrected chi connectivity index (χ0v) is 12.3. The Bertz CT molecular complexity index is 564. The van der Waals surface area contributed by atoms with Crippen molar-refractivity contribution in [3.05, 3.63) is 59.2 Å². The first-order chi connectivity index (χ1) is 9.63. The average Bonchev–Trinajstić information content (AvgIpc) is 2.48. The van der Waals surface area contributed by atoms with Crippen LogP contribution in [0.3, 0.4) is 0 Å². The summed E-state index contributed by atoms with van der Waals surface area (Å²) in [5.74, 6) is 0.853. The Labute approximate surface area is 120 Å². The fraction of sp³-hybridized carbons (Fsp3) is 0.294. The molecule has 3 heteroatoms. The summed E-state index contributed by atoms with van der Waals surface area (Å²) in [6.07, 6.45) is 0. The van der Waals surface area contributed by atoms with Crippen molar-refractivity contribution in [2.45, 2.75) is 19.9 Å². The molecule has 3 N–H and O–H groups in total. The fourth-order valence-electron chi connectivity index (χ4n) is 2.15. The van der Waals surface area contributed by atoms with Gasteiger partial charge in [-0.2, -0.15) is 0 Å². The second-order valence-corrected chi connectivity index (χ2v) is 5.00. The summed E-state index contributed by atoms with van der Waals surface area (Å²) in [7, 11) is 1.67. The monoisotopic (exact) mass is 270 g/mol. The Balaban J connectivity index is 2.16. The highest BCUT2D eigenvalue weighted by Crippen LogP contribution is 2.22. The lowest BCUT2D eigenvalue weighted by molar-refractivity contribution is 0.415. The topological polar surface area (TPSA) is 47.3 Å². The number of anilines is 1. The van der Waals surface area contributed by atoms with Crippen LogP contribution in [0, 0.1) is 13.8 Å². The number of methoxy groups -OCH3 is 1. The first-order valence-corrected chi connectivity index (χ1v) is 6.82. The molecule has 0 bridgehead atoms. The highest BCUT2D eigenvalue weighted by molar-refractivity contribution is 5.49. The van der Waals surface area contributed by atoms with E-state index in [0.29, 0.717) is 6.54 Å². The quantitative estimate of drug-likeness (QED) is 0.875. The van der Waals surface area contributed by atoms with Gasteiger partial charge in [-0.3, -0.25) is 0 Å². The predicted octanol–water partition coefficient (Wildman–Crippen LogP) is 3.42. The molecule has 0 aromatic heterocycles. The largest absolute Gasteiger partial charge is 0.497 e. The van der Waals surface area contributed by atoms with Crippen LogP contribution in [0.15, 0.2) is 42.5 Å². The van der Waals surface area contributed by atoms with Crippen LogP contribution in [-0.4, -0.2) is 13.7 Å². The van der Waals surface area contributed by atoms with Gasteiger partial charge in [-0.1, -0.05) is 18.2 Å². The van der Waals surface area contributed by atoms with E-state index < -0.39 is 0 Å². The fourth-order valence-corrected chi connectivity index (χ4v) is 2.15. The molecule has 0 heterocycles. The van der Waals surface area contributed by atoms with Crippen molar-refractivity contribution in [1.29, 1.82) is 0 Å². The second kappa shape index (κ2) is 6.44. The maximum absolute atomic E-state index is 5.91. The van der Waals surface area contributed by atoms with Gasteiger partial charge in [0.1, 0.15) is 5.75 Å². The molecule has 0 aliphatic heterocycles. The number of hydrogen-bond acceptors (Lipinski definition) is 3. The standard InChI is InChI=1S/C17H22N2O/c1-12-4-5-14(10-13(12)2)17(11-18)19-15-6-8-16(20-3)9-7-15/h4-10,17,19H,11,18H2,1-3H3. The van der Waals surface area contributed by atoms with Crippen LogP contribution >= 0.6 is 0 Å². The second-order valence-electron chi connectivity index (χ2n) is 5.00. The third kappa shape index (κ3) is 3.31. The Kier molecular flexibility index (Phi) is 4.64. The summed E-state index contributed by atoms with van der Waals surface area (Å²) in [4.78, 5) is 0. The maximum atomic E-state index is 5.91. The normalized spacial score (nSPS) is 12.0. The number of benzene rings is 2. The highest BCUT2D eigenvalue weighted by Gasteiger charge is 2.10. The lowest BCUT2D eigenvalue weighted by atomic mass is 10.0. The van der Waals surface area contributed by atoms with Crippen molar-refractivity contribution in [1.82, 2.24) is 0 Å². The number of aryl methyl sites for hydroxylation is 2. The Morgan fingerprint density at radius 3 is 2.30 bits per heavy atom. The number of ether oxygens (including phenoxy) is 1.